The lowest BCUT2D eigenvalue weighted by molar-refractivity contribution is 0.0914. The molecule has 0 unspecified atom stereocenters. The molecule has 0 saturated heterocycles. The number of benzene rings is 2. The Morgan fingerprint density at radius 1 is 1.12 bits per heavy atom. The Hall–Kier alpha value is -2.64. The third-order valence-electron chi connectivity index (χ3n) is 3.71. The number of sulfonamides is 1. The predicted molar refractivity (Wildman–Crippen MR) is 89.9 cm³/mol. The quantitative estimate of drug-likeness (QED) is 0.759. The zero-order chi connectivity index (χ0) is 17.3. The van der Waals surface area contributed by atoms with Crippen molar-refractivity contribution >= 4 is 26.9 Å². The number of nitrogens with one attached hydrogen (secondary N) is 1. The summed E-state index contributed by atoms with van der Waals surface area (Å²) in [5.74, 6) is -0.113. The standard InChI is InChI=1S/C17H16N2O4S/c1-11(12-6-8-14(9-7-12)24(18,21)22)19-17(20)16-10-13-4-2-3-5-15(13)23-16/h2-11H,1H3,(H,19,20)(H2,18,21,22)/t11-/m1/s1. The van der Waals surface area contributed by atoms with Crippen molar-refractivity contribution in [3.05, 3.63) is 65.9 Å². The number of rotatable bonds is 4. The van der Waals surface area contributed by atoms with Crippen LogP contribution in [0.1, 0.15) is 29.1 Å². The van der Waals surface area contributed by atoms with Gasteiger partial charge in [0, 0.05) is 5.39 Å². The fraction of sp³-hybridized carbons (Fsp3) is 0.118. The van der Waals surface area contributed by atoms with Gasteiger partial charge in [-0.25, -0.2) is 13.6 Å². The Kier molecular flexibility index (Phi) is 4.13. The Labute approximate surface area is 139 Å². The molecule has 6 nitrogen and oxygen atoms in total. The summed E-state index contributed by atoms with van der Waals surface area (Å²) in [5, 5.41) is 8.74. The van der Waals surface area contributed by atoms with Crippen molar-refractivity contribution in [3.63, 3.8) is 0 Å². The van der Waals surface area contributed by atoms with E-state index >= 15 is 0 Å². The SMILES string of the molecule is C[C@@H](NC(=O)c1cc2ccccc2o1)c1ccc(S(N)(=O)=O)cc1. The molecular formula is C17H16N2O4S. The van der Waals surface area contributed by atoms with Gasteiger partial charge in [-0.05, 0) is 36.8 Å². The minimum absolute atomic E-state index is 0.0297. The molecule has 7 heteroatoms. The molecule has 1 atom stereocenters. The largest absolute Gasteiger partial charge is 0.451 e. The second-order valence-electron chi connectivity index (χ2n) is 5.46. The lowest BCUT2D eigenvalue weighted by Gasteiger charge is -2.13. The van der Waals surface area contributed by atoms with Gasteiger partial charge in [-0.15, -0.1) is 0 Å². The van der Waals surface area contributed by atoms with E-state index in [9.17, 15) is 13.2 Å². The van der Waals surface area contributed by atoms with Gasteiger partial charge in [0.25, 0.3) is 5.91 Å². The van der Waals surface area contributed by atoms with Crippen LogP contribution in [0.4, 0.5) is 0 Å². The topological polar surface area (TPSA) is 102 Å². The normalized spacial score (nSPS) is 12.9. The summed E-state index contributed by atoms with van der Waals surface area (Å²) in [6.07, 6.45) is 0. The molecule has 0 aliphatic carbocycles. The third-order valence-corrected chi connectivity index (χ3v) is 4.63. The molecule has 124 valence electrons. The molecule has 1 heterocycles. The van der Waals surface area contributed by atoms with Gasteiger partial charge in [-0.1, -0.05) is 30.3 Å². The number of nitrogens with two attached hydrogens (primary N) is 1. The van der Waals surface area contributed by atoms with Gasteiger partial charge in [-0.3, -0.25) is 4.79 Å². The summed E-state index contributed by atoms with van der Waals surface area (Å²) in [7, 11) is -3.73. The minimum atomic E-state index is -3.73. The molecule has 24 heavy (non-hydrogen) atoms. The summed E-state index contributed by atoms with van der Waals surface area (Å²) >= 11 is 0. The van der Waals surface area contributed by atoms with Crippen molar-refractivity contribution in [3.8, 4) is 0 Å². The van der Waals surface area contributed by atoms with Crippen LogP contribution < -0.4 is 10.5 Å². The summed E-state index contributed by atoms with van der Waals surface area (Å²) < 4.78 is 28.0. The molecule has 0 aliphatic rings. The van der Waals surface area contributed by atoms with Gasteiger partial charge in [0.1, 0.15) is 5.58 Å². The van der Waals surface area contributed by atoms with E-state index in [-0.39, 0.29) is 22.6 Å². The predicted octanol–water partition coefficient (Wildman–Crippen LogP) is 2.57. The van der Waals surface area contributed by atoms with Crippen molar-refractivity contribution in [1.82, 2.24) is 5.32 Å². The number of amides is 1. The van der Waals surface area contributed by atoms with Crippen molar-refractivity contribution < 1.29 is 17.6 Å². The molecule has 3 aromatic rings. The molecule has 0 spiro atoms. The van der Waals surface area contributed by atoms with Crippen LogP contribution >= 0.6 is 0 Å². The second kappa shape index (κ2) is 6.10. The van der Waals surface area contributed by atoms with Crippen LogP contribution in [0.5, 0.6) is 0 Å². The van der Waals surface area contributed by atoms with Crippen LogP contribution in [0.15, 0.2) is 63.9 Å². The average Bonchev–Trinajstić information content (AvgIpc) is 2.98. The minimum Gasteiger partial charge on any atom is -0.451 e. The highest BCUT2D eigenvalue weighted by Crippen LogP contribution is 2.20. The van der Waals surface area contributed by atoms with Gasteiger partial charge in [0.15, 0.2) is 5.76 Å². The number of primary sulfonamides is 1. The maximum atomic E-state index is 12.3. The summed E-state index contributed by atoms with van der Waals surface area (Å²) in [6, 6.07) is 14.8. The third kappa shape index (κ3) is 3.32. The van der Waals surface area contributed by atoms with Crippen LogP contribution in [0.3, 0.4) is 0 Å². The van der Waals surface area contributed by atoms with Crippen molar-refractivity contribution in [2.45, 2.75) is 17.9 Å². The molecule has 0 bridgehead atoms. The van der Waals surface area contributed by atoms with Gasteiger partial charge >= 0.3 is 0 Å². The van der Waals surface area contributed by atoms with Crippen LogP contribution in [-0.4, -0.2) is 14.3 Å². The smallest absolute Gasteiger partial charge is 0.287 e. The summed E-state index contributed by atoms with van der Waals surface area (Å²) in [5.41, 5.74) is 1.40. The first-order valence-corrected chi connectivity index (χ1v) is 8.81. The average molecular weight is 344 g/mol. The first kappa shape index (κ1) is 16.2. The fourth-order valence-electron chi connectivity index (χ4n) is 2.39. The van der Waals surface area contributed by atoms with Crippen molar-refractivity contribution in [2.75, 3.05) is 0 Å². The van der Waals surface area contributed by atoms with Gasteiger partial charge in [0.2, 0.25) is 10.0 Å². The monoisotopic (exact) mass is 344 g/mol. The molecule has 0 fully saturated rings. The van der Waals surface area contributed by atoms with E-state index < -0.39 is 10.0 Å². The number of hydrogen-bond donors (Lipinski definition) is 2. The molecule has 1 aromatic heterocycles. The lowest BCUT2D eigenvalue weighted by atomic mass is 10.1. The summed E-state index contributed by atoms with van der Waals surface area (Å²) in [6.45, 7) is 1.80. The molecule has 1 amide bonds. The fourth-order valence-corrected chi connectivity index (χ4v) is 2.91. The number of carbonyl (C=O) groups is 1. The lowest BCUT2D eigenvalue weighted by Crippen LogP contribution is -2.26. The van der Waals surface area contributed by atoms with E-state index in [0.717, 1.165) is 10.9 Å². The number of carbonyl (C=O) groups excluding carboxylic acids is 1. The maximum absolute atomic E-state index is 12.3. The molecule has 0 saturated carbocycles. The molecule has 0 radical (unpaired) electrons. The zero-order valence-corrected chi connectivity index (χ0v) is 13.7. The van der Waals surface area contributed by atoms with E-state index in [0.29, 0.717) is 5.58 Å². The zero-order valence-electron chi connectivity index (χ0n) is 12.9. The highest BCUT2D eigenvalue weighted by molar-refractivity contribution is 7.89. The van der Waals surface area contributed by atoms with E-state index in [4.69, 9.17) is 9.56 Å². The number of fused-ring (bicyclic) bond motifs is 1. The van der Waals surface area contributed by atoms with E-state index in [1.807, 2.05) is 18.2 Å². The first-order valence-electron chi connectivity index (χ1n) is 7.27. The van der Waals surface area contributed by atoms with E-state index in [1.54, 1.807) is 31.2 Å². The van der Waals surface area contributed by atoms with Gasteiger partial charge in [-0.2, -0.15) is 0 Å². The first-order chi connectivity index (χ1) is 11.3. The molecule has 2 aromatic carbocycles. The second-order valence-corrected chi connectivity index (χ2v) is 7.02. The van der Waals surface area contributed by atoms with Crippen LogP contribution in [-0.2, 0) is 10.0 Å². The molecule has 0 aliphatic heterocycles. The molecule has 3 N–H and O–H groups in total. The highest BCUT2D eigenvalue weighted by Gasteiger charge is 2.16. The maximum Gasteiger partial charge on any atom is 0.287 e. The van der Waals surface area contributed by atoms with Crippen LogP contribution in [0.25, 0.3) is 11.0 Å². The van der Waals surface area contributed by atoms with Crippen LogP contribution in [0, 0.1) is 0 Å². The number of hydrogen-bond acceptors (Lipinski definition) is 4. The Morgan fingerprint density at radius 3 is 2.42 bits per heavy atom. The van der Waals surface area contributed by atoms with Crippen LogP contribution in [0.2, 0.25) is 0 Å². The summed E-state index contributed by atoms with van der Waals surface area (Å²) in [4.78, 5) is 12.3. The van der Waals surface area contributed by atoms with Gasteiger partial charge in [0.05, 0.1) is 10.9 Å². The van der Waals surface area contributed by atoms with Crippen molar-refractivity contribution in [2.24, 2.45) is 5.14 Å². The Morgan fingerprint density at radius 2 is 1.79 bits per heavy atom. The van der Waals surface area contributed by atoms with Gasteiger partial charge < -0.3 is 9.73 Å². The Balaban J connectivity index is 1.76. The van der Waals surface area contributed by atoms with Crippen molar-refractivity contribution in [1.29, 1.82) is 0 Å². The van der Waals surface area contributed by atoms with E-state index in [1.165, 1.54) is 12.1 Å². The Bertz CT molecular complexity index is 958. The van der Waals surface area contributed by atoms with E-state index in [2.05, 4.69) is 5.32 Å². The highest BCUT2D eigenvalue weighted by atomic mass is 32.2. The number of furan rings is 1. The molecular weight excluding hydrogens is 328 g/mol. The number of para-hydroxylation sites is 1. The molecule has 3 rings (SSSR count).